The molecule has 0 saturated carbocycles. The Labute approximate surface area is 225 Å². The minimum atomic E-state index is -1.12. The number of nitrogens with one attached hydrogen (secondary N) is 4. The molecule has 4 amide bonds. The van der Waals surface area contributed by atoms with E-state index in [0.29, 0.717) is 0 Å². The average Bonchev–Trinajstić information content (AvgIpc) is 3.28. The van der Waals surface area contributed by atoms with Crippen molar-refractivity contribution in [3.8, 4) is 0 Å². The van der Waals surface area contributed by atoms with E-state index in [1.54, 1.807) is 48.5 Å². The fourth-order valence-electron chi connectivity index (χ4n) is 1.95. The number of nitrogens with zero attached hydrogens (tertiary/aromatic N) is 2. The van der Waals surface area contributed by atoms with Crippen molar-refractivity contribution in [3.05, 3.63) is 11.8 Å². The van der Waals surface area contributed by atoms with Gasteiger partial charge in [-0.3, -0.25) is 20.4 Å². The SMILES string of the molecule is CCOC(=O)C(=O)NNC(=O)CNC(=O)OC(C)(C)C.CCOC(=O)c1nnc(CNC(=O)OC(C)(C)C)o1. The number of amides is 4. The van der Waals surface area contributed by atoms with Crippen molar-refractivity contribution in [2.45, 2.75) is 73.1 Å². The molecular weight excluding hydrogens is 524 g/mol. The Morgan fingerprint density at radius 1 is 0.769 bits per heavy atom. The molecule has 0 aliphatic heterocycles. The van der Waals surface area contributed by atoms with E-state index in [1.165, 1.54) is 6.92 Å². The molecule has 1 heterocycles. The molecule has 17 nitrogen and oxygen atoms in total. The highest BCUT2D eigenvalue weighted by Gasteiger charge is 2.20. The third-order valence-electron chi connectivity index (χ3n) is 3.27. The largest absolute Gasteiger partial charge is 0.459 e. The summed E-state index contributed by atoms with van der Waals surface area (Å²) in [5.74, 6) is -3.81. The van der Waals surface area contributed by atoms with Crippen LogP contribution in [-0.4, -0.2) is 77.1 Å². The summed E-state index contributed by atoms with van der Waals surface area (Å²) in [7, 11) is 0. The third-order valence-corrected chi connectivity index (χ3v) is 3.27. The lowest BCUT2D eigenvalue weighted by Crippen LogP contribution is -2.49. The van der Waals surface area contributed by atoms with Gasteiger partial charge in [-0.25, -0.2) is 19.2 Å². The van der Waals surface area contributed by atoms with E-state index in [0.717, 1.165) is 0 Å². The molecule has 0 aliphatic carbocycles. The first-order valence-corrected chi connectivity index (χ1v) is 11.7. The van der Waals surface area contributed by atoms with Gasteiger partial charge in [0.15, 0.2) is 0 Å². The molecule has 39 heavy (non-hydrogen) atoms. The van der Waals surface area contributed by atoms with E-state index in [1.807, 2.05) is 10.9 Å². The zero-order valence-corrected chi connectivity index (χ0v) is 23.2. The second kappa shape index (κ2) is 16.4. The molecule has 1 rings (SSSR count). The third kappa shape index (κ3) is 17.6. The molecule has 0 aromatic carbocycles. The molecular formula is C22H36N6O11. The van der Waals surface area contributed by atoms with Crippen LogP contribution in [0.4, 0.5) is 9.59 Å². The molecule has 0 saturated heterocycles. The van der Waals surface area contributed by atoms with Crippen LogP contribution in [-0.2, 0) is 39.9 Å². The lowest BCUT2D eigenvalue weighted by Gasteiger charge is -2.19. The van der Waals surface area contributed by atoms with E-state index in [-0.39, 0.29) is 31.5 Å². The first-order valence-electron chi connectivity index (χ1n) is 11.7. The Balaban J connectivity index is 0.000000741. The summed E-state index contributed by atoms with van der Waals surface area (Å²) < 4.78 is 24.0. The van der Waals surface area contributed by atoms with Gasteiger partial charge in [-0.1, -0.05) is 0 Å². The topological polar surface area (TPSA) is 226 Å². The lowest BCUT2D eigenvalue weighted by atomic mass is 10.2. The van der Waals surface area contributed by atoms with Crippen LogP contribution in [0.3, 0.4) is 0 Å². The molecule has 4 N–H and O–H groups in total. The number of ether oxygens (including phenoxy) is 4. The first-order chi connectivity index (χ1) is 18.0. The van der Waals surface area contributed by atoms with Gasteiger partial charge in [0.1, 0.15) is 17.7 Å². The van der Waals surface area contributed by atoms with Crippen LogP contribution in [0.1, 0.15) is 72.0 Å². The zero-order valence-electron chi connectivity index (χ0n) is 23.2. The van der Waals surface area contributed by atoms with Gasteiger partial charge in [0.2, 0.25) is 5.89 Å². The molecule has 0 spiro atoms. The first kappa shape index (κ1) is 34.6. The van der Waals surface area contributed by atoms with Crippen molar-refractivity contribution in [2.24, 2.45) is 0 Å². The van der Waals surface area contributed by atoms with Gasteiger partial charge in [-0.2, -0.15) is 0 Å². The molecule has 0 fully saturated rings. The lowest BCUT2D eigenvalue weighted by molar-refractivity contribution is -0.155. The van der Waals surface area contributed by atoms with Crippen molar-refractivity contribution < 1.29 is 52.1 Å². The predicted molar refractivity (Wildman–Crippen MR) is 130 cm³/mol. The normalized spacial score (nSPS) is 10.6. The molecule has 0 atom stereocenters. The van der Waals surface area contributed by atoms with Gasteiger partial charge in [-0.15, -0.1) is 10.2 Å². The van der Waals surface area contributed by atoms with Gasteiger partial charge in [0.05, 0.1) is 19.8 Å². The highest BCUT2D eigenvalue weighted by Crippen LogP contribution is 2.07. The Kier molecular flexibility index (Phi) is 14.5. The summed E-state index contributed by atoms with van der Waals surface area (Å²) in [6.45, 7) is 13.3. The van der Waals surface area contributed by atoms with Crippen LogP contribution >= 0.6 is 0 Å². The number of hydrogen-bond acceptors (Lipinski definition) is 13. The number of carbonyl (C=O) groups excluding carboxylic acids is 6. The summed E-state index contributed by atoms with van der Waals surface area (Å²) in [6.07, 6.45) is -1.38. The molecule has 0 bridgehead atoms. The van der Waals surface area contributed by atoms with Crippen LogP contribution in [0.2, 0.25) is 0 Å². The van der Waals surface area contributed by atoms with Gasteiger partial charge in [0, 0.05) is 0 Å². The quantitative estimate of drug-likeness (QED) is 0.154. The summed E-state index contributed by atoms with van der Waals surface area (Å²) in [5, 5.41) is 11.7. The standard InChI is InChI=1S/C11H19N3O6.C11H17N3O5/c1-5-19-9(17)8(16)14-13-7(15)6-12-10(18)20-11(2,3)4;1-5-17-9(15)8-14-13-7(18-8)6-12-10(16)19-11(2,3)4/h5-6H2,1-4H3,(H,12,18)(H,13,15)(H,14,16);5-6H2,1-4H3,(H,12,16). The van der Waals surface area contributed by atoms with Gasteiger partial charge >= 0.3 is 35.9 Å². The smallest absolute Gasteiger partial charge is 0.408 e. The maximum absolute atomic E-state index is 11.4. The van der Waals surface area contributed by atoms with E-state index >= 15 is 0 Å². The van der Waals surface area contributed by atoms with E-state index < -0.39 is 53.7 Å². The van der Waals surface area contributed by atoms with E-state index in [2.05, 4.69) is 30.3 Å². The highest BCUT2D eigenvalue weighted by atomic mass is 16.6. The molecule has 0 aliphatic rings. The molecule has 0 radical (unpaired) electrons. The Bertz CT molecular complexity index is 995. The number of alkyl carbamates (subject to hydrolysis) is 2. The molecule has 1 aromatic rings. The van der Waals surface area contributed by atoms with Crippen LogP contribution in [0.5, 0.6) is 0 Å². The predicted octanol–water partition coefficient (Wildman–Crippen LogP) is 0.493. The number of esters is 2. The number of hydrogen-bond donors (Lipinski definition) is 4. The summed E-state index contributed by atoms with van der Waals surface area (Å²) >= 11 is 0. The van der Waals surface area contributed by atoms with Gasteiger partial charge in [-0.05, 0) is 55.4 Å². The van der Waals surface area contributed by atoms with Crippen molar-refractivity contribution in [1.29, 1.82) is 0 Å². The Morgan fingerprint density at radius 3 is 1.82 bits per heavy atom. The van der Waals surface area contributed by atoms with Crippen LogP contribution < -0.4 is 21.5 Å². The van der Waals surface area contributed by atoms with Crippen LogP contribution in [0.25, 0.3) is 0 Å². The zero-order chi connectivity index (χ0) is 30.2. The fourth-order valence-corrected chi connectivity index (χ4v) is 1.95. The van der Waals surface area contributed by atoms with Crippen molar-refractivity contribution in [1.82, 2.24) is 31.7 Å². The maximum Gasteiger partial charge on any atom is 0.408 e. The number of aromatic nitrogens is 2. The summed E-state index contributed by atoms with van der Waals surface area (Å²) in [6, 6.07) is 0. The van der Waals surface area contributed by atoms with E-state index in [4.69, 9.17) is 13.9 Å². The minimum absolute atomic E-state index is 0.0265. The highest BCUT2D eigenvalue weighted by molar-refractivity contribution is 6.32. The molecule has 220 valence electrons. The molecule has 0 unspecified atom stereocenters. The van der Waals surface area contributed by atoms with Crippen LogP contribution in [0.15, 0.2) is 4.42 Å². The average molecular weight is 561 g/mol. The van der Waals surface area contributed by atoms with Crippen molar-refractivity contribution in [2.75, 3.05) is 19.8 Å². The molecule has 1 aromatic heterocycles. The Hall–Kier alpha value is -4.44. The summed E-state index contributed by atoms with van der Waals surface area (Å²) in [4.78, 5) is 67.0. The van der Waals surface area contributed by atoms with Gasteiger partial charge in [0.25, 0.3) is 5.91 Å². The summed E-state index contributed by atoms with van der Waals surface area (Å²) in [5.41, 5.74) is 2.49. The second-order valence-corrected chi connectivity index (χ2v) is 9.16. The van der Waals surface area contributed by atoms with Crippen molar-refractivity contribution >= 4 is 35.9 Å². The second-order valence-electron chi connectivity index (χ2n) is 9.16. The fraction of sp³-hybridized carbons (Fsp3) is 0.636. The molecule has 17 heteroatoms. The number of carbonyl (C=O) groups is 6. The maximum atomic E-state index is 11.4. The minimum Gasteiger partial charge on any atom is -0.459 e. The van der Waals surface area contributed by atoms with Gasteiger partial charge < -0.3 is 34.0 Å². The Morgan fingerprint density at radius 2 is 1.31 bits per heavy atom. The van der Waals surface area contributed by atoms with Crippen LogP contribution in [0, 0.1) is 0 Å². The van der Waals surface area contributed by atoms with Crippen molar-refractivity contribution in [3.63, 3.8) is 0 Å². The van der Waals surface area contributed by atoms with E-state index in [9.17, 15) is 28.8 Å². The number of rotatable bonds is 7. The number of hydrazine groups is 1. The monoisotopic (exact) mass is 560 g/mol.